The molecule has 2 aromatic rings. The highest BCUT2D eigenvalue weighted by molar-refractivity contribution is 5.76. The molecule has 0 radical (unpaired) electrons. The van der Waals surface area contributed by atoms with Crippen molar-refractivity contribution < 1.29 is 4.79 Å². The van der Waals surface area contributed by atoms with E-state index < -0.39 is 0 Å². The number of carbonyl (C=O) groups is 1. The second-order valence-electron chi connectivity index (χ2n) is 7.33. The Hall–Kier alpha value is -2.17. The number of hydrogen-bond acceptors (Lipinski definition) is 3. The number of piperidine rings is 1. The van der Waals surface area contributed by atoms with Crippen LogP contribution >= 0.6 is 0 Å². The predicted molar refractivity (Wildman–Crippen MR) is 98.5 cm³/mol. The molecule has 1 aromatic heterocycles. The maximum atomic E-state index is 12.5. The highest BCUT2D eigenvalue weighted by Crippen LogP contribution is 2.26. The Morgan fingerprint density at radius 1 is 1.24 bits per heavy atom. The molecular weight excluding hydrogens is 312 g/mol. The van der Waals surface area contributed by atoms with Crippen LogP contribution < -0.4 is 0 Å². The first-order chi connectivity index (χ1) is 12.0. The molecule has 1 N–H and O–H groups in total. The van der Waals surface area contributed by atoms with Gasteiger partial charge in [-0.1, -0.05) is 38.1 Å². The number of aryl methyl sites for hydroxylation is 2. The van der Waals surface area contributed by atoms with Gasteiger partial charge in [-0.05, 0) is 43.2 Å². The molecule has 0 bridgehead atoms. The maximum Gasteiger partial charge on any atom is 0.222 e. The van der Waals surface area contributed by atoms with Crippen molar-refractivity contribution in [2.45, 2.75) is 58.3 Å². The van der Waals surface area contributed by atoms with Gasteiger partial charge in [0.2, 0.25) is 5.91 Å². The van der Waals surface area contributed by atoms with Crippen LogP contribution in [0.5, 0.6) is 0 Å². The third-order valence-corrected chi connectivity index (χ3v) is 5.10. The summed E-state index contributed by atoms with van der Waals surface area (Å²) < 4.78 is 0. The zero-order chi connectivity index (χ0) is 17.8. The Balaban J connectivity index is 1.46. The smallest absolute Gasteiger partial charge is 0.222 e. The van der Waals surface area contributed by atoms with Crippen molar-refractivity contribution in [1.29, 1.82) is 0 Å². The molecule has 1 aromatic carbocycles. The first-order valence-electron chi connectivity index (χ1n) is 9.28. The summed E-state index contributed by atoms with van der Waals surface area (Å²) in [5.74, 6) is 2.94. The van der Waals surface area contributed by atoms with Crippen molar-refractivity contribution in [3.8, 4) is 0 Å². The van der Waals surface area contributed by atoms with E-state index in [0.717, 1.165) is 44.0 Å². The Morgan fingerprint density at radius 2 is 1.92 bits per heavy atom. The number of rotatable bonds is 5. The Morgan fingerprint density at radius 3 is 2.48 bits per heavy atom. The molecule has 1 amide bonds. The van der Waals surface area contributed by atoms with E-state index in [4.69, 9.17) is 0 Å². The molecule has 1 fully saturated rings. The summed E-state index contributed by atoms with van der Waals surface area (Å²) in [6, 6.07) is 8.66. The molecule has 1 saturated heterocycles. The van der Waals surface area contributed by atoms with Gasteiger partial charge in [0.25, 0.3) is 0 Å². The van der Waals surface area contributed by atoms with Crippen molar-refractivity contribution in [3.63, 3.8) is 0 Å². The lowest BCUT2D eigenvalue weighted by Gasteiger charge is -2.31. The topological polar surface area (TPSA) is 61.9 Å². The molecular formula is C20H28N4O. The van der Waals surface area contributed by atoms with Gasteiger partial charge in [-0.15, -0.1) is 0 Å². The van der Waals surface area contributed by atoms with Gasteiger partial charge >= 0.3 is 0 Å². The zero-order valence-corrected chi connectivity index (χ0v) is 15.5. The quantitative estimate of drug-likeness (QED) is 0.905. The molecule has 25 heavy (non-hydrogen) atoms. The first kappa shape index (κ1) is 17.6. The SMILES string of the molecule is Cc1nc(C2CCN(C(=O)CCc3ccc(C(C)C)cc3)CC2)n[nH]1. The summed E-state index contributed by atoms with van der Waals surface area (Å²) >= 11 is 0. The van der Waals surface area contributed by atoms with Crippen LogP contribution in [-0.2, 0) is 11.2 Å². The Bertz CT molecular complexity index is 697. The summed E-state index contributed by atoms with van der Waals surface area (Å²) in [5, 5.41) is 7.17. The van der Waals surface area contributed by atoms with Crippen LogP contribution in [0.25, 0.3) is 0 Å². The van der Waals surface area contributed by atoms with Crippen molar-refractivity contribution in [3.05, 3.63) is 47.0 Å². The minimum absolute atomic E-state index is 0.262. The molecule has 1 aliphatic rings. The number of likely N-dealkylation sites (tertiary alicyclic amines) is 1. The fourth-order valence-corrected chi connectivity index (χ4v) is 3.41. The number of hydrogen-bond donors (Lipinski definition) is 1. The van der Waals surface area contributed by atoms with E-state index in [-0.39, 0.29) is 5.91 Å². The van der Waals surface area contributed by atoms with E-state index in [2.05, 4.69) is 53.3 Å². The minimum Gasteiger partial charge on any atom is -0.343 e. The third-order valence-electron chi connectivity index (χ3n) is 5.10. The summed E-state index contributed by atoms with van der Waals surface area (Å²) in [6.45, 7) is 7.93. The van der Waals surface area contributed by atoms with E-state index in [1.165, 1.54) is 11.1 Å². The van der Waals surface area contributed by atoms with E-state index in [0.29, 0.717) is 18.3 Å². The van der Waals surface area contributed by atoms with Crippen molar-refractivity contribution >= 4 is 5.91 Å². The molecule has 1 aliphatic heterocycles. The largest absolute Gasteiger partial charge is 0.343 e. The number of benzene rings is 1. The second kappa shape index (κ2) is 7.81. The standard InChI is InChI=1S/C20H28N4O/c1-14(2)17-7-4-16(5-8-17)6-9-19(25)24-12-10-18(11-13-24)20-21-15(3)22-23-20/h4-5,7-8,14,18H,6,9-13H2,1-3H3,(H,21,22,23). The van der Waals surface area contributed by atoms with Gasteiger partial charge in [0.05, 0.1) is 0 Å². The normalized spacial score (nSPS) is 15.8. The van der Waals surface area contributed by atoms with E-state index >= 15 is 0 Å². The molecule has 0 atom stereocenters. The number of carbonyl (C=O) groups excluding carboxylic acids is 1. The molecule has 3 rings (SSSR count). The maximum absolute atomic E-state index is 12.5. The van der Waals surface area contributed by atoms with Crippen LogP contribution in [0.1, 0.15) is 67.7 Å². The van der Waals surface area contributed by atoms with Gasteiger partial charge in [-0.2, -0.15) is 5.10 Å². The van der Waals surface area contributed by atoms with Crippen molar-refractivity contribution in [2.75, 3.05) is 13.1 Å². The van der Waals surface area contributed by atoms with Gasteiger partial charge < -0.3 is 4.90 Å². The summed E-state index contributed by atoms with van der Waals surface area (Å²) in [4.78, 5) is 18.9. The number of aromatic nitrogens is 3. The van der Waals surface area contributed by atoms with E-state index in [1.54, 1.807) is 0 Å². The fraction of sp³-hybridized carbons (Fsp3) is 0.550. The molecule has 0 unspecified atom stereocenters. The van der Waals surface area contributed by atoms with Crippen LogP contribution in [0.4, 0.5) is 0 Å². The molecule has 0 aliphatic carbocycles. The average Bonchev–Trinajstić information content (AvgIpc) is 3.06. The highest BCUT2D eigenvalue weighted by Gasteiger charge is 2.25. The number of amides is 1. The zero-order valence-electron chi connectivity index (χ0n) is 15.5. The predicted octanol–water partition coefficient (Wildman–Crippen LogP) is 3.58. The van der Waals surface area contributed by atoms with Crippen LogP contribution in [0.3, 0.4) is 0 Å². The van der Waals surface area contributed by atoms with Gasteiger partial charge in [0.15, 0.2) is 5.82 Å². The fourth-order valence-electron chi connectivity index (χ4n) is 3.41. The van der Waals surface area contributed by atoms with Gasteiger partial charge in [-0.25, -0.2) is 4.98 Å². The summed E-state index contributed by atoms with van der Waals surface area (Å²) in [6.07, 6.45) is 3.31. The monoisotopic (exact) mass is 340 g/mol. The first-order valence-corrected chi connectivity index (χ1v) is 9.28. The highest BCUT2D eigenvalue weighted by atomic mass is 16.2. The van der Waals surface area contributed by atoms with Crippen LogP contribution in [-0.4, -0.2) is 39.1 Å². The number of aromatic amines is 1. The van der Waals surface area contributed by atoms with E-state index in [1.807, 2.05) is 11.8 Å². The van der Waals surface area contributed by atoms with Crippen molar-refractivity contribution in [1.82, 2.24) is 20.1 Å². The molecule has 0 saturated carbocycles. The lowest BCUT2D eigenvalue weighted by atomic mass is 9.95. The van der Waals surface area contributed by atoms with Gasteiger partial charge in [0, 0.05) is 25.4 Å². The summed E-state index contributed by atoms with van der Waals surface area (Å²) in [5.41, 5.74) is 2.59. The van der Waals surface area contributed by atoms with E-state index in [9.17, 15) is 4.79 Å². The third kappa shape index (κ3) is 4.47. The minimum atomic E-state index is 0.262. The molecule has 134 valence electrons. The molecule has 5 heteroatoms. The number of nitrogens with zero attached hydrogens (tertiary/aromatic N) is 3. The van der Waals surface area contributed by atoms with Crippen LogP contribution in [0, 0.1) is 6.92 Å². The lowest BCUT2D eigenvalue weighted by molar-refractivity contribution is -0.132. The van der Waals surface area contributed by atoms with Gasteiger partial charge in [-0.3, -0.25) is 9.89 Å². The van der Waals surface area contributed by atoms with Crippen LogP contribution in [0.15, 0.2) is 24.3 Å². The number of nitrogens with one attached hydrogen (secondary N) is 1. The molecule has 0 spiro atoms. The van der Waals surface area contributed by atoms with Crippen LogP contribution in [0.2, 0.25) is 0 Å². The summed E-state index contributed by atoms with van der Waals surface area (Å²) in [7, 11) is 0. The average molecular weight is 340 g/mol. The lowest BCUT2D eigenvalue weighted by Crippen LogP contribution is -2.38. The Labute approximate surface area is 149 Å². The van der Waals surface area contributed by atoms with Crippen molar-refractivity contribution in [2.24, 2.45) is 0 Å². The molecule has 5 nitrogen and oxygen atoms in total. The number of H-pyrrole nitrogens is 1. The second-order valence-corrected chi connectivity index (χ2v) is 7.33. The molecule has 2 heterocycles. The Kier molecular flexibility index (Phi) is 5.51. The van der Waals surface area contributed by atoms with Gasteiger partial charge in [0.1, 0.15) is 5.82 Å².